The van der Waals surface area contributed by atoms with E-state index in [4.69, 9.17) is 10.5 Å². The van der Waals surface area contributed by atoms with Crippen molar-refractivity contribution in [3.05, 3.63) is 53.1 Å². The minimum absolute atomic E-state index is 0.410. The van der Waals surface area contributed by atoms with Crippen LogP contribution in [0.3, 0.4) is 0 Å². The van der Waals surface area contributed by atoms with Gasteiger partial charge in [-0.15, -0.1) is 0 Å². The van der Waals surface area contributed by atoms with Crippen LogP contribution < -0.4 is 5.73 Å². The van der Waals surface area contributed by atoms with Crippen molar-refractivity contribution < 1.29 is 4.74 Å². The molecule has 0 amide bonds. The Labute approximate surface area is 109 Å². The molecule has 1 aromatic rings. The molecule has 2 N–H and O–H groups in total. The number of nitrogens with zero attached hydrogens (tertiary/aromatic N) is 2. The third kappa shape index (κ3) is 4.40. The SMILES string of the molecule is C=C(/C=C\C(=C)OC)Cc1nc(Br)cnc1N. The fraction of sp³-hybridized carbons (Fsp3) is 0.167. The molecule has 0 atom stereocenters. The Kier molecular flexibility index (Phi) is 4.90. The van der Waals surface area contributed by atoms with Crippen molar-refractivity contribution in [1.82, 2.24) is 9.97 Å². The summed E-state index contributed by atoms with van der Waals surface area (Å²) in [6, 6.07) is 0. The van der Waals surface area contributed by atoms with Gasteiger partial charge in [-0.25, -0.2) is 9.97 Å². The van der Waals surface area contributed by atoms with Crippen LogP contribution in [0.25, 0.3) is 0 Å². The number of nitrogen functional groups attached to an aromatic ring is 1. The molecule has 1 aromatic heterocycles. The Morgan fingerprint density at radius 1 is 1.53 bits per heavy atom. The quantitative estimate of drug-likeness (QED) is 0.670. The number of anilines is 1. The maximum absolute atomic E-state index is 5.72. The number of aromatic nitrogens is 2. The molecule has 5 heteroatoms. The number of ether oxygens (including phenoxy) is 1. The summed E-state index contributed by atoms with van der Waals surface area (Å²) in [6.07, 6.45) is 5.65. The molecule has 0 aromatic carbocycles. The fourth-order valence-corrected chi connectivity index (χ4v) is 1.41. The highest BCUT2D eigenvalue weighted by Crippen LogP contribution is 2.14. The lowest BCUT2D eigenvalue weighted by molar-refractivity contribution is 0.309. The van der Waals surface area contributed by atoms with Gasteiger partial charge in [0.05, 0.1) is 19.0 Å². The molecule has 1 rings (SSSR count). The van der Waals surface area contributed by atoms with E-state index < -0.39 is 0 Å². The number of rotatable bonds is 5. The maximum Gasteiger partial charge on any atom is 0.145 e. The Morgan fingerprint density at radius 2 is 2.24 bits per heavy atom. The van der Waals surface area contributed by atoms with Crippen LogP contribution in [0.4, 0.5) is 5.82 Å². The predicted molar refractivity (Wildman–Crippen MR) is 72.3 cm³/mol. The van der Waals surface area contributed by atoms with Crippen LogP contribution in [0.1, 0.15) is 5.69 Å². The molecule has 0 fully saturated rings. The lowest BCUT2D eigenvalue weighted by atomic mass is 10.1. The number of hydrogen-bond donors (Lipinski definition) is 1. The number of allylic oxidation sites excluding steroid dienone is 3. The van der Waals surface area contributed by atoms with Crippen LogP contribution in [0.15, 0.2) is 47.4 Å². The molecule has 4 nitrogen and oxygen atoms in total. The first-order valence-electron chi connectivity index (χ1n) is 4.88. The summed E-state index contributed by atoms with van der Waals surface area (Å²) in [5.41, 5.74) is 7.26. The van der Waals surface area contributed by atoms with Crippen molar-refractivity contribution in [1.29, 1.82) is 0 Å². The smallest absolute Gasteiger partial charge is 0.145 e. The number of hydrogen-bond acceptors (Lipinski definition) is 4. The zero-order chi connectivity index (χ0) is 12.8. The van der Waals surface area contributed by atoms with Crippen molar-refractivity contribution in [2.45, 2.75) is 6.42 Å². The van der Waals surface area contributed by atoms with E-state index >= 15 is 0 Å². The zero-order valence-electron chi connectivity index (χ0n) is 9.61. The number of nitrogens with two attached hydrogens (primary N) is 1. The average molecular weight is 296 g/mol. The van der Waals surface area contributed by atoms with Crippen molar-refractivity contribution in [3.63, 3.8) is 0 Å². The van der Waals surface area contributed by atoms with Gasteiger partial charge in [0, 0.05) is 6.42 Å². The third-order valence-corrected chi connectivity index (χ3v) is 2.39. The first-order chi connectivity index (χ1) is 8.02. The van der Waals surface area contributed by atoms with Gasteiger partial charge in [0.2, 0.25) is 0 Å². The van der Waals surface area contributed by atoms with Gasteiger partial charge in [0.1, 0.15) is 16.2 Å². The molecule has 0 aliphatic heterocycles. The van der Waals surface area contributed by atoms with Crippen LogP contribution in [0, 0.1) is 0 Å². The molecule has 0 aliphatic carbocycles. The summed E-state index contributed by atoms with van der Waals surface area (Å²) < 4.78 is 5.56. The van der Waals surface area contributed by atoms with E-state index in [1.165, 1.54) is 0 Å². The van der Waals surface area contributed by atoms with Gasteiger partial charge in [0.25, 0.3) is 0 Å². The second-order valence-corrected chi connectivity index (χ2v) is 4.18. The summed E-state index contributed by atoms with van der Waals surface area (Å²) in [4.78, 5) is 8.24. The van der Waals surface area contributed by atoms with Crippen molar-refractivity contribution in [2.24, 2.45) is 0 Å². The van der Waals surface area contributed by atoms with E-state index in [0.717, 1.165) is 5.57 Å². The van der Waals surface area contributed by atoms with Gasteiger partial charge >= 0.3 is 0 Å². The maximum atomic E-state index is 5.72. The minimum atomic E-state index is 0.410. The van der Waals surface area contributed by atoms with E-state index in [1.54, 1.807) is 19.4 Å². The first-order valence-corrected chi connectivity index (χ1v) is 5.68. The molecular weight excluding hydrogens is 282 g/mol. The Bertz CT molecular complexity index is 469. The topological polar surface area (TPSA) is 61.0 Å². The summed E-state index contributed by atoms with van der Waals surface area (Å²) in [6.45, 7) is 7.58. The molecule has 0 bridgehead atoms. The normalized spacial score (nSPS) is 10.5. The highest BCUT2D eigenvalue weighted by Gasteiger charge is 2.04. The number of methoxy groups -OCH3 is 1. The van der Waals surface area contributed by atoms with Crippen molar-refractivity contribution in [2.75, 3.05) is 12.8 Å². The molecule has 0 radical (unpaired) electrons. The molecule has 1 heterocycles. The largest absolute Gasteiger partial charge is 0.497 e. The van der Waals surface area contributed by atoms with Gasteiger partial charge in [-0.05, 0) is 27.6 Å². The van der Waals surface area contributed by atoms with Gasteiger partial charge in [-0.3, -0.25) is 0 Å². The average Bonchev–Trinajstić information content (AvgIpc) is 2.30. The van der Waals surface area contributed by atoms with Crippen LogP contribution in [0.2, 0.25) is 0 Å². The van der Waals surface area contributed by atoms with E-state index in [1.807, 2.05) is 6.08 Å². The van der Waals surface area contributed by atoms with Gasteiger partial charge < -0.3 is 10.5 Å². The molecular formula is C12H14BrN3O. The molecule has 17 heavy (non-hydrogen) atoms. The molecule has 0 spiro atoms. The Hall–Kier alpha value is -1.62. The van der Waals surface area contributed by atoms with Crippen LogP contribution in [-0.4, -0.2) is 17.1 Å². The summed E-state index contributed by atoms with van der Waals surface area (Å²) in [5.74, 6) is 0.979. The van der Waals surface area contributed by atoms with Gasteiger partial charge in [-0.1, -0.05) is 19.2 Å². The summed E-state index contributed by atoms with van der Waals surface area (Å²) >= 11 is 3.25. The first kappa shape index (κ1) is 13.4. The predicted octanol–water partition coefficient (Wildman–Crippen LogP) is 2.64. The van der Waals surface area contributed by atoms with Crippen LogP contribution in [0.5, 0.6) is 0 Å². The number of halogens is 1. The van der Waals surface area contributed by atoms with E-state index in [0.29, 0.717) is 28.3 Å². The molecule has 0 unspecified atom stereocenters. The monoisotopic (exact) mass is 295 g/mol. The van der Waals surface area contributed by atoms with E-state index in [2.05, 4.69) is 39.1 Å². The van der Waals surface area contributed by atoms with Crippen LogP contribution >= 0.6 is 15.9 Å². The highest BCUT2D eigenvalue weighted by atomic mass is 79.9. The lowest BCUT2D eigenvalue weighted by Gasteiger charge is -2.04. The van der Waals surface area contributed by atoms with Crippen molar-refractivity contribution >= 4 is 21.7 Å². The van der Waals surface area contributed by atoms with Gasteiger partial charge in [-0.2, -0.15) is 0 Å². The Morgan fingerprint density at radius 3 is 2.88 bits per heavy atom. The third-order valence-electron chi connectivity index (χ3n) is 2.01. The van der Waals surface area contributed by atoms with Crippen LogP contribution in [-0.2, 0) is 11.2 Å². The molecule has 0 aliphatic rings. The highest BCUT2D eigenvalue weighted by molar-refractivity contribution is 9.10. The summed E-state index contributed by atoms with van der Waals surface area (Å²) in [5, 5.41) is 0. The van der Waals surface area contributed by atoms with Gasteiger partial charge in [0.15, 0.2) is 0 Å². The summed E-state index contributed by atoms with van der Waals surface area (Å²) in [7, 11) is 1.56. The van der Waals surface area contributed by atoms with Crippen molar-refractivity contribution in [3.8, 4) is 0 Å². The standard InChI is InChI=1S/C12H14BrN3O/c1-8(4-5-9(2)17-3)6-10-12(14)15-7-11(13)16-10/h4-5,7H,1-2,6H2,3H3,(H2,14,15)/b5-4-. The zero-order valence-corrected chi connectivity index (χ0v) is 11.2. The fourth-order valence-electron chi connectivity index (χ4n) is 1.10. The van der Waals surface area contributed by atoms with E-state index in [9.17, 15) is 0 Å². The second-order valence-electron chi connectivity index (χ2n) is 3.36. The minimum Gasteiger partial charge on any atom is -0.497 e. The van der Waals surface area contributed by atoms with E-state index in [-0.39, 0.29) is 0 Å². The molecule has 0 saturated carbocycles. The lowest BCUT2D eigenvalue weighted by Crippen LogP contribution is -2.02. The Balaban J connectivity index is 2.71. The molecule has 90 valence electrons. The molecule has 0 saturated heterocycles. The second kappa shape index (κ2) is 6.20.